The van der Waals surface area contributed by atoms with Crippen molar-refractivity contribution in [1.82, 2.24) is 9.13 Å². The molecule has 2 aliphatic heterocycles. The van der Waals surface area contributed by atoms with Crippen molar-refractivity contribution < 1.29 is 55.4 Å². The first-order valence-electron chi connectivity index (χ1n) is 48.8. The van der Waals surface area contributed by atoms with Crippen LogP contribution in [0.5, 0.6) is 0 Å². The minimum Gasteiger partial charge on any atom is -0.454 e. The Labute approximate surface area is 622 Å². The highest BCUT2D eigenvalue weighted by molar-refractivity contribution is 7.00. The minimum atomic E-state index is -2.14. The summed E-state index contributed by atoms with van der Waals surface area (Å²) in [6.45, 7) is 9.58. The van der Waals surface area contributed by atoms with Gasteiger partial charge in [0.1, 0.15) is 11.2 Å². The number of hydrogen-bond acceptors (Lipinski definition) is 4. The van der Waals surface area contributed by atoms with Crippen molar-refractivity contribution in [3.8, 4) is 44.8 Å². The van der Waals surface area contributed by atoms with Crippen molar-refractivity contribution >= 4 is 145 Å². The lowest BCUT2D eigenvalue weighted by Gasteiger charge is -2.44. The van der Waals surface area contributed by atoms with E-state index in [1.807, 2.05) is 59.7 Å². The fourth-order valence-corrected chi connectivity index (χ4v) is 14.0. The number of aromatic nitrogens is 2. The van der Waals surface area contributed by atoms with E-state index in [1.165, 1.54) is 34.1 Å². The van der Waals surface area contributed by atoms with Crippen LogP contribution in [0.15, 0.2) is 305 Å². The third-order valence-corrected chi connectivity index (χ3v) is 18.7. The molecule has 20 rings (SSSR count). The van der Waals surface area contributed by atoms with Gasteiger partial charge in [0, 0.05) is 77.2 Å². The van der Waals surface area contributed by atoms with Crippen molar-refractivity contribution in [2.24, 2.45) is 0 Å². The number of nitrogens with zero attached hydrogens (tertiary/aromatic N) is 4. The Bertz CT molecular complexity index is 7910. The normalized spacial score (nSPS) is 17.9. The van der Waals surface area contributed by atoms with Gasteiger partial charge in [0.05, 0.1) is 80.0 Å². The van der Waals surface area contributed by atoms with E-state index in [-0.39, 0.29) is 44.7 Å². The Balaban J connectivity index is 1.11. The molecule has 0 saturated carbocycles. The molecule has 6 nitrogen and oxygen atoms in total. The van der Waals surface area contributed by atoms with Gasteiger partial charge < -0.3 is 27.8 Å². The average molecular weight is 1310 g/mol. The zero-order valence-electron chi connectivity index (χ0n) is 87.3. The molecule has 99 heavy (non-hydrogen) atoms. The number of rotatable bonds is 7. The van der Waals surface area contributed by atoms with Crippen molar-refractivity contribution in [1.29, 1.82) is 0 Å². The molecule has 14 aromatic carbocycles. The van der Waals surface area contributed by atoms with Gasteiger partial charge >= 0.3 is 0 Å². The average Bonchev–Trinajstić information content (AvgIpc) is 1.42. The zero-order chi connectivity index (χ0) is 95.7. The SMILES string of the molecule is [2H]c1c([2H])c(-n2c3c([2H])c([2H])c([2H])c([2H])c3c3c([2H])c([2H])c([2H])c([2H])c32)c([2H])c2c1B1c3c(cc(-c4cc(C(C)(C)C)cc(C(C)(C)C)c4)cc3N(c3c([2H])c(-c4ccccc4)c([2H])c4c3oc3c([2H])c([2H])c([2H])c([2H])c34)c3c([2H])c(-n4c5c([2H])c([2H])c([2H])c([2H])c5c5c([2H])c([2H])c([2H])c([2H])c54)c([2H])c([2H])c31)N2c1c([2H])c(-c2ccccc2)c([2H])c2c1oc1c([2H])c([2H])c([2H])c([2H])c12. The van der Waals surface area contributed by atoms with Crippen LogP contribution in [-0.2, 0) is 10.8 Å². The van der Waals surface area contributed by atoms with E-state index in [2.05, 4.69) is 0 Å². The van der Waals surface area contributed by atoms with E-state index in [0.717, 1.165) is 9.13 Å². The van der Waals surface area contributed by atoms with Crippen LogP contribution in [0.2, 0.25) is 0 Å². The van der Waals surface area contributed by atoms with Gasteiger partial charge in [0.15, 0.2) is 11.2 Å². The van der Waals surface area contributed by atoms with Crippen LogP contribution >= 0.6 is 0 Å². The first kappa shape index (κ1) is 32.8. The quantitative estimate of drug-likeness (QED) is 0.149. The summed E-state index contributed by atoms with van der Waals surface area (Å²) in [6, 6.07) is -5.09. The molecule has 0 bridgehead atoms. The lowest BCUT2D eigenvalue weighted by molar-refractivity contribution is 0.569. The lowest BCUT2D eigenvalue weighted by atomic mass is 9.33. The van der Waals surface area contributed by atoms with Crippen molar-refractivity contribution in [2.75, 3.05) is 9.80 Å². The maximum atomic E-state index is 11.7. The van der Waals surface area contributed by atoms with Gasteiger partial charge in [-0.1, -0.05) is 241 Å². The van der Waals surface area contributed by atoms with Crippen LogP contribution in [0.25, 0.3) is 132 Å². The van der Waals surface area contributed by atoms with Crippen LogP contribution in [0, 0.1) is 0 Å². The summed E-state index contributed by atoms with van der Waals surface area (Å²) in [6.07, 6.45) is 0. The summed E-state index contributed by atoms with van der Waals surface area (Å²) in [7, 11) is 0. The molecular weight excluding hydrogens is 1200 g/mol. The first-order chi connectivity index (χ1) is 62.6. The third kappa shape index (κ3) is 8.69. The maximum absolute atomic E-state index is 11.7. The predicted molar refractivity (Wildman–Crippen MR) is 417 cm³/mol. The molecule has 18 aromatic rings. The standard InChI is InChI=1S/C92H67BN4O2/c1-91(2,3)62-45-58(46-63(53-62)92(4,5)6)61-49-82-88-83(50-61)97(85-52-60(57-27-11-8-12-28-57)48-73-71-34-18-24-40-87(71)99-90(73)85)81-55-65(95-78-37-21-15-31-68(78)69-32-16-22-38-79(69)95)42-44-75(81)93(88)74-43-41-64(94-76-35-19-13-29-66(76)67-30-14-20-36-77(67)94)54-80(74)96(82)84-51-59(56-25-9-7-10-26-56)47-72-70-33-17-23-39-86(70)98-89(72)84/h7-55H,1-6H3/i13D,14D,15D,16D,17D,18D,19D,20D,21D,22D,23D,24D,29D,30D,31D,32D,33D,34D,35D,36D,37D,38D,39D,40D,41D,42D,43D,44D,47D,48D,51D,52D,54D,55D. The summed E-state index contributed by atoms with van der Waals surface area (Å²) in [5.41, 5.74) is -11.6. The van der Waals surface area contributed by atoms with Crippen molar-refractivity contribution in [2.45, 2.75) is 52.4 Å². The third-order valence-electron chi connectivity index (χ3n) is 18.7. The Morgan fingerprint density at radius 2 is 0.677 bits per heavy atom. The van der Waals surface area contributed by atoms with Crippen molar-refractivity contribution in [3.63, 3.8) is 0 Å². The summed E-state index contributed by atoms with van der Waals surface area (Å²) >= 11 is 0. The van der Waals surface area contributed by atoms with Gasteiger partial charge in [0.2, 0.25) is 0 Å². The number of para-hydroxylation sites is 6. The lowest BCUT2D eigenvalue weighted by Crippen LogP contribution is -2.61. The van der Waals surface area contributed by atoms with E-state index in [9.17, 15) is 38.4 Å². The molecule has 0 amide bonds. The highest BCUT2D eigenvalue weighted by atomic mass is 16.3. The molecule has 470 valence electrons. The summed E-state index contributed by atoms with van der Waals surface area (Å²) in [4.78, 5) is 2.41. The predicted octanol–water partition coefficient (Wildman–Crippen LogP) is 23.4. The van der Waals surface area contributed by atoms with Gasteiger partial charge in [-0.15, -0.1) is 0 Å². The molecule has 0 fully saturated rings. The zero-order valence-corrected chi connectivity index (χ0v) is 53.3. The Hall–Kier alpha value is -12.1. The fourth-order valence-electron chi connectivity index (χ4n) is 14.0. The molecule has 6 heterocycles. The second-order valence-electron chi connectivity index (χ2n) is 26.6. The van der Waals surface area contributed by atoms with Crippen LogP contribution in [0.3, 0.4) is 0 Å². The molecule has 0 saturated heterocycles. The second kappa shape index (κ2) is 21.2. The number of hydrogen-bond donors (Lipinski definition) is 0. The molecule has 0 N–H and O–H groups in total. The maximum Gasteiger partial charge on any atom is 0.252 e. The van der Waals surface area contributed by atoms with E-state index in [0.29, 0.717) is 16.7 Å². The largest absolute Gasteiger partial charge is 0.454 e. The van der Waals surface area contributed by atoms with Gasteiger partial charge in [-0.25, -0.2) is 0 Å². The van der Waals surface area contributed by atoms with Gasteiger partial charge in [-0.3, -0.25) is 0 Å². The molecular formula is C92H67BN4O2. The Kier molecular flexibility index (Phi) is 7.03. The van der Waals surface area contributed by atoms with E-state index < -0.39 is 356 Å². The molecule has 0 spiro atoms. The number of fused-ring (bicyclic) bond motifs is 16. The molecule has 0 unspecified atom stereocenters. The summed E-state index contributed by atoms with van der Waals surface area (Å²) in [5, 5.41) is -3.81. The van der Waals surface area contributed by atoms with E-state index in [1.54, 1.807) is 48.5 Å². The highest BCUT2D eigenvalue weighted by Crippen LogP contribution is 2.53. The second-order valence-corrected chi connectivity index (χ2v) is 26.6. The molecule has 7 heteroatoms. The van der Waals surface area contributed by atoms with E-state index >= 15 is 0 Å². The molecule has 0 atom stereocenters. The van der Waals surface area contributed by atoms with Gasteiger partial charge in [-0.05, 0) is 168 Å². The molecule has 2 aliphatic rings. The number of benzene rings is 14. The summed E-state index contributed by atoms with van der Waals surface area (Å²) in [5.74, 6) is 0. The van der Waals surface area contributed by atoms with Crippen molar-refractivity contribution in [3.05, 3.63) is 308 Å². The summed E-state index contributed by atoms with van der Waals surface area (Å²) < 4.78 is 354. The van der Waals surface area contributed by atoms with Gasteiger partial charge in [0.25, 0.3) is 6.71 Å². The number of furan rings is 2. The highest BCUT2D eigenvalue weighted by Gasteiger charge is 2.46. The first-order valence-corrected chi connectivity index (χ1v) is 31.8. The molecule has 0 aliphatic carbocycles. The van der Waals surface area contributed by atoms with E-state index in [4.69, 9.17) is 17.1 Å². The van der Waals surface area contributed by atoms with Crippen LogP contribution < -0.4 is 26.2 Å². The topological polar surface area (TPSA) is 42.6 Å². The minimum absolute atomic E-state index is 0.0828. The Morgan fingerprint density at radius 1 is 0.313 bits per heavy atom. The number of anilines is 6. The van der Waals surface area contributed by atoms with Crippen LogP contribution in [0.1, 0.15) is 99.3 Å². The monoisotopic (exact) mass is 1300 g/mol. The Morgan fingerprint density at radius 3 is 1.07 bits per heavy atom. The molecule has 4 aromatic heterocycles. The smallest absolute Gasteiger partial charge is 0.252 e. The fraction of sp³-hybridized carbons (Fsp3) is 0.0870. The van der Waals surface area contributed by atoms with Crippen LogP contribution in [-0.4, -0.2) is 15.8 Å². The molecule has 0 radical (unpaired) electrons. The van der Waals surface area contributed by atoms with Crippen LogP contribution in [0.4, 0.5) is 34.1 Å². The van der Waals surface area contributed by atoms with Gasteiger partial charge in [-0.2, -0.15) is 0 Å².